The minimum atomic E-state index is -0.375. The zero-order valence-corrected chi connectivity index (χ0v) is 18.0. The van der Waals surface area contributed by atoms with Crippen LogP contribution in [-0.4, -0.2) is 34.5 Å². The number of nitrogens with one attached hydrogen (secondary N) is 2. The smallest absolute Gasteiger partial charge is 0.249 e. The lowest BCUT2D eigenvalue weighted by molar-refractivity contribution is -0.130. The predicted molar refractivity (Wildman–Crippen MR) is 119 cm³/mol. The highest BCUT2D eigenvalue weighted by atomic mass is 16.5. The second-order valence-corrected chi connectivity index (χ2v) is 7.73. The number of benzene rings is 1. The number of nitrogens with zero attached hydrogens (tertiary/aromatic N) is 2. The van der Waals surface area contributed by atoms with Gasteiger partial charge in [0, 0.05) is 36.7 Å². The second kappa shape index (κ2) is 10.2. The summed E-state index contributed by atoms with van der Waals surface area (Å²) in [7, 11) is 0. The molecule has 8 heteroatoms. The molecule has 0 bridgehead atoms. The number of rotatable bonds is 8. The minimum absolute atomic E-state index is 0.0767. The monoisotopic (exact) mass is 434 g/mol. The molecule has 3 aromatic rings. The van der Waals surface area contributed by atoms with Crippen LogP contribution in [0.3, 0.4) is 0 Å². The first-order chi connectivity index (χ1) is 15.6. The van der Waals surface area contributed by atoms with E-state index in [1.54, 1.807) is 12.4 Å². The lowest BCUT2D eigenvalue weighted by atomic mass is 10.1. The molecule has 166 valence electrons. The molecule has 1 saturated heterocycles. The lowest BCUT2D eigenvalue weighted by Crippen LogP contribution is -2.33. The van der Waals surface area contributed by atoms with Crippen molar-refractivity contribution in [3.05, 3.63) is 65.8 Å². The molecular weight excluding hydrogens is 408 g/mol. The van der Waals surface area contributed by atoms with Gasteiger partial charge < -0.3 is 19.8 Å². The first-order valence-corrected chi connectivity index (χ1v) is 10.7. The van der Waals surface area contributed by atoms with Crippen molar-refractivity contribution in [1.29, 1.82) is 0 Å². The van der Waals surface area contributed by atoms with Gasteiger partial charge in [0.05, 0.1) is 6.54 Å². The molecule has 2 N–H and O–H groups in total. The first-order valence-electron chi connectivity index (χ1n) is 10.7. The van der Waals surface area contributed by atoms with Crippen LogP contribution in [0.4, 0.5) is 5.69 Å². The number of hydrogen-bond acceptors (Lipinski definition) is 6. The van der Waals surface area contributed by atoms with Crippen LogP contribution in [0.5, 0.6) is 0 Å². The van der Waals surface area contributed by atoms with E-state index in [0.717, 1.165) is 24.0 Å². The molecule has 0 aliphatic carbocycles. The van der Waals surface area contributed by atoms with Crippen molar-refractivity contribution < 1.29 is 18.7 Å². The highest BCUT2D eigenvalue weighted by molar-refractivity contribution is 5.91. The van der Waals surface area contributed by atoms with Gasteiger partial charge in [-0.25, -0.2) is 4.98 Å². The van der Waals surface area contributed by atoms with Crippen LogP contribution in [0.2, 0.25) is 0 Å². The number of carbonyl (C=O) groups excluding carboxylic acids is 2. The van der Waals surface area contributed by atoms with Crippen molar-refractivity contribution >= 4 is 17.5 Å². The Labute approximate surface area is 186 Å². The second-order valence-electron chi connectivity index (χ2n) is 7.73. The number of ether oxygens (including phenoxy) is 1. The van der Waals surface area contributed by atoms with Gasteiger partial charge in [0.25, 0.3) is 0 Å². The normalized spacial score (nSPS) is 15.5. The number of amides is 2. The molecule has 4 rings (SSSR count). The van der Waals surface area contributed by atoms with Gasteiger partial charge >= 0.3 is 0 Å². The molecular formula is C24H26N4O4. The van der Waals surface area contributed by atoms with Crippen molar-refractivity contribution in [3.8, 4) is 11.5 Å². The molecule has 2 amide bonds. The summed E-state index contributed by atoms with van der Waals surface area (Å²) < 4.78 is 11.2. The van der Waals surface area contributed by atoms with E-state index in [-0.39, 0.29) is 24.5 Å². The Balaban J connectivity index is 1.35. The van der Waals surface area contributed by atoms with Gasteiger partial charge in [0.1, 0.15) is 17.6 Å². The standard InChI is InChI=1S/C24H26N4O4/c1-16-20(15-26-23(30)21-8-4-12-31-21)28-24(32-16)18-6-2-7-19(13-18)27-22(29)10-9-17-5-3-11-25-14-17/h2-3,5-7,11,13-14,21H,4,8-10,12,15H2,1H3,(H,26,30)(H,27,29). The lowest BCUT2D eigenvalue weighted by Gasteiger charge is -2.09. The van der Waals surface area contributed by atoms with Gasteiger partial charge in [-0.2, -0.15) is 0 Å². The molecule has 0 saturated carbocycles. The average Bonchev–Trinajstić information content (AvgIpc) is 3.47. The maximum Gasteiger partial charge on any atom is 0.249 e. The summed E-state index contributed by atoms with van der Waals surface area (Å²) in [6.45, 7) is 2.72. The molecule has 0 radical (unpaired) electrons. The van der Waals surface area contributed by atoms with Crippen LogP contribution in [0.15, 0.2) is 53.2 Å². The Morgan fingerprint density at radius 1 is 1.22 bits per heavy atom. The van der Waals surface area contributed by atoms with Crippen molar-refractivity contribution in [2.24, 2.45) is 0 Å². The summed E-state index contributed by atoms with van der Waals surface area (Å²) in [5.41, 5.74) is 3.10. The summed E-state index contributed by atoms with van der Waals surface area (Å²) in [6.07, 6.45) is 5.74. The van der Waals surface area contributed by atoms with E-state index in [1.807, 2.05) is 43.3 Å². The summed E-state index contributed by atoms with van der Waals surface area (Å²) in [5.74, 6) is 0.878. The number of oxazole rings is 1. The van der Waals surface area contributed by atoms with Crippen LogP contribution in [0.25, 0.3) is 11.5 Å². The average molecular weight is 434 g/mol. The quantitative estimate of drug-likeness (QED) is 0.563. The van der Waals surface area contributed by atoms with Crippen molar-refractivity contribution in [1.82, 2.24) is 15.3 Å². The van der Waals surface area contributed by atoms with Crippen LogP contribution >= 0.6 is 0 Å². The van der Waals surface area contributed by atoms with E-state index in [2.05, 4.69) is 20.6 Å². The number of aryl methyl sites for hydroxylation is 2. The Bertz CT molecular complexity index is 1070. The van der Waals surface area contributed by atoms with E-state index in [1.165, 1.54) is 0 Å². The molecule has 1 unspecified atom stereocenters. The molecule has 32 heavy (non-hydrogen) atoms. The maximum atomic E-state index is 12.3. The topological polar surface area (TPSA) is 106 Å². The Kier molecular flexibility index (Phi) is 6.91. The van der Waals surface area contributed by atoms with Crippen LogP contribution < -0.4 is 10.6 Å². The summed E-state index contributed by atoms with van der Waals surface area (Å²) in [4.78, 5) is 33.1. The van der Waals surface area contributed by atoms with Gasteiger partial charge in [-0.1, -0.05) is 12.1 Å². The van der Waals surface area contributed by atoms with Crippen molar-refractivity contribution in [2.75, 3.05) is 11.9 Å². The molecule has 1 aromatic carbocycles. The summed E-state index contributed by atoms with van der Waals surface area (Å²) >= 11 is 0. The van der Waals surface area contributed by atoms with Gasteiger partial charge in [-0.05, 0) is 56.0 Å². The predicted octanol–water partition coefficient (Wildman–Crippen LogP) is 3.41. The highest BCUT2D eigenvalue weighted by Crippen LogP contribution is 2.24. The Hall–Kier alpha value is -3.52. The zero-order chi connectivity index (χ0) is 22.3. The molecule has 1 aliphatic heterocycles. The van der Waals surface area contributed by atoms with Gasteiger partial charge in [-0.15, -0.1) is 0 Å². The van der Waals surface area contributed by atoms with Crippen LogP contribution in [-0.2, 0) is 27.3 Å². The van der Waals surface area contributed by atoms with Gasteiger partial charge in [0.2, 0.25) is 17.7 Å². The number of carbonyl (C=O) groups is 2. The van der Waals surface area contributed by atoms with E-state index in [9.17, 15) is 9.59 Å². The van der Waals surface area contributed by atoms with Crippen molar-refractivity contribution in [2.45, 2.75) is 45.3 Å². The van der Waals surface area contributed by atoms with Crippen LogP contribution in [0, 0.1) is 6.92 Å². The van der Waals surface area contributed by atoms with Crippen LogP contribution in [0.1, 0.15) is 36.3 Å². The van der Waals surface area contributed by atoms with E-state index in [4.69, 9.17) is 9.15 Å². The first kappa shape index (κ1) is 21.7. The van der Waals surface area contributed by atoms with E-state index in [0.29, 0.717) is 42.5 Å². The largest absolute Gasteiger partial charge is 0.441 e. The number of aromatic nitrogens is 2. The third kappa shape index (κ3) is 5.59. The minimum Gasteiger partial charge on any atom is -0.441 e. The molecule has 0 spiro atoms. The fourth-order valence-electron chi connectivity index (χ4n) is 3.54. The van der Waals surface area contributed by atoms with E-state index >= 15 is 0 Å². The zero-order valence-electron chi connectivity index (χ0n) is 18.0. The van der Waals surface area contributed by atoms with Gasteiger partial charge in [0.15, 0.2) is 0 Å². The molecule has 1 fully saturated rings. The Morgan fingerprint density at radius 3 is 2.91 bits per heavy atom. The third-order valence-electron chi connectivity index (χ3n) is 5.30. The third-order valence-corrected chi connectivity index (χ3v) is 5.30. The van der Waals surface area contributed by atoms with Crippen molar-refractivity contribution in [3.63, 3.8) is 0 Å². The fourth-order valence-corrected chi connectivity index (χ4v) is 3.54. The number of hydrogen-bond donors (Lipinski definition) is 2. The molecule has 8 nitrogen and oxygen atoms in total. The summed E-state index contributed by atoms with van der Waals surface area (Å²) in [5, 5.41) is 5.78. The molecule has 2 aromatic heterocycles. The fraction of sp³-hybridized carbons (Fsp3) is 0.333. The summed E-state index contributed by atoms with van der Waals surface area (Å²) in [6, 6.07) is 11.2. The maximum absolute atomic E-state index is 12.3. The molecule has 1 atom stereocenters. The van der Waals surface area contributed by atoms with Gasteiger partial charge in [-0.3, -0.25) is 14.6 Å². The SMILES string of the molecule is Cc1oc(-c2cccc(NC(=O)CCc3cccnc3)c2)nc1CNC(=O)C1CCCO1. The Morgan fingerprint density at radius 2 is 2.12 bits per heavy atom. The molecule has 1 aliphatic rings. The van der Waals surface area contributed by atoms with E-state index < -0.39 is 0 Å². The highest BCUT2D eigenvalue weighted by Gasteiger charge is 2.23. The molecule has 3 heterocycles. The number of pyridine rings is 1. The number of anilines is 1.